The summed E-state index contributed by atoms with van der Waals surface area (Å²) in [5.74, 6) is -1.07. The molecular formula is C20H18Cl2N2O5. The Morgan fingerprint density at radius 2 is 1.93 bits per heavy atom. The first-order valence-electron chi connectivity index (χ1n) is 8.54. The number of nitrogens with zero attached hydrogens (tertiary/aromatic N) is 1. The van der Waals surface area contributed by atoms with Gasteiger partial charge >= 0.3 is 5.97 Å². The molecule has 0 saturated heterocycles. The first-order valence-corrected chi connectivity index (χ1v) is 9.30. The van der Waals surface area contributed by atoms with E-state index >= 15 is 0 Å². The molecule has 1 atom stereocenters. The van der Waals surface area contributed by atoms with Crippen LogP contribution in [0.1, 0.15) is 32.5 Å². The molecule has 7 nitrogen and oxygen atoms in total. The van der Waals surface area contributed by atoms with Gasteiger partial charge in [0, 0.05) is 17.5 Å². The molecule has 0 aliphatic carbocycles. The van der Waals surface area contributed by atoms with Gasteiger partial charge in [0.2, 0.25) is 0 Å². The number of benzene rings is 2. The van der Waals surface area contributed by atoms with Gasteiger partial charge < -0.3 is 24.8 Å². The van der Waals surface area contributed by atoms with Crippen molar-refractivity contribution in [3.63, 3.8) is 0 Å². The first-order chi connectivity index (χ1) is 13.8. The minimum atomic E-state index is -1.12. The number of hydrogen-bond donors (Lipinski definition) is 3. The first kappa shape index (κ1) is 21.0. The van der Waals surface area contributed by atoms with Crippen molar-refractivity contribution in [2.45, 2.75) is 6.04 Å². The van der Waals surface area contributed by atoms with Crippen molar-refractivity contribution in [2.75, 3.05) is 13.7 Å². The lowest BCUT2D eigenvalue weighted by molar-refractivity contribution is 0.0696. The summed E-state index contributed by atoms with van der Waals surface area (Å²) in [4.78, 5) is 23.9. The lowest BCUT2D eigenvalue weighted by Crippen LogP contribution is -2.32. The van der Waals surface area contributed by atoms with Crippen LogP contribution in [-0.2, 0) is 7.05 Å². The molecule has 152 valence electrons. The third-order valence-corrected chi connectivity index (χ3v) is 5.41. The van der Waals surface area contributed by atoms with Crippen LogP contribution in [0.15, 0.2) is 36.4 Å². The van der Waals surface area contributed by atoms with E-state index in [2.05, 4.69) is 5.32 Å². The van der Waals surface area contributed by atoms with Crippen LogP contribution in [0.2, 0.25) is 10.0 Å². The van der Waals surface area contributed by atoms with E-state index < -0.39 is 24.5 Å². The molecule has 3 N–H and O–H groups in total. The van der Waals surface area contributed by atoms with Crippen LogP contribution >= 0.6 is 23.2 Å². The topological polar surface area (TPSA) is 101 Å². The van der Waals surface area contributed by atoms with E-state index in [-0.39, 0.29) is 10.6 Å². The van der Waals surface area contributed by atoms with Gasteiger partial charge in [-0.3, -0.25) is 4.79 Å². The standard InChI is InChI=1S/C20H18Cl2N2O5/c1-24-15-5-6-17(29-2)18(22)12(15)8-16(24)19(26)23-14(9-25)11-4-3-10(20(27)28)7-13(11)21/h3-8,14,25H,9H2,1-2H3,(H,23,26)(H,27,28)/t14-/m1/s1. The zero-order chi connectivity index (χ0) is 21.3. The average molecular weight is 437 g/mol. The Bertz CT molecular complexity index is 1110. The van der Waals surface area contributed by atoms with E-state index in [1.807, 2.05) is 0 Å². The quantitative estimate of drug-likeness (QED) is 0.547. The number of aromatic carboxylic acids is 1. The fourth-order valence-corrected chi connectivity index (χ4v) is 3.73. The summed E-state index contributed by atoms with van der Waals surface area (Å²) in [5, 5.41) is 22.7. The second-order valence-corrected chi connectivity index (χ2v) is 7.14. The van der Waals surface area contributed by atoms with Crippen LogP contribution in [0.3, 0.4) is 0 Å². The minimum Gasteiger partial charge on any atom is -0.495 e. The van der Waals surface area contributed by atoms with Crippen molar-refractivity contribution in [3.05, 3.63) is 63.3 Å². The molecule has 0 unspecified atom stereocenters. The fourth-order valence-electron chi connectivity index (χ4n) is 3.13. The third kappa shape index (κ3) is 3.89. The zero-order valence-electron chi connectivity index (χ0n) is 15.6. The van der Waals surface area contributed by atoms with Crippen molar-refractivity contribution < 1.29 is 24.5 Å². The van der Waals surface area contributed by atoms with Crippen molar-refractivity contribution in [1.82, 2.24) is 9.88 Å². The number of rotatable bonds is 6. The Morgan fingerprint density at radius 1 is 1.21 bits per heavy atom. The normalized spacial score (nSPS) is 12.0. The van der Waals surface area contributed by atoms with Crippen molar-refractivity contribution >= 4 is 46.0 Å². The number of carboxylic acids is 1. The molecule has 0 aliphatic heterocycles. The highest BCUT2D eigenvalue weighted by Crippen LogP contribution is 2.34. The number of fused-ring (bicyclic) bond motifs is 1. The number of aliphatic hydroxyl groups excluding tert-OH is 1. The van der Waals surface area contributed by atoms with Crippen LogP contribution in [0.5, 0.6) is 5.75 Å². The van der Waals surface area contributed by atoms with Gasteiger partial charge in [0.05, 0.1) is 35.9 Å². The Hall–Kier alpha value is -2.74. The second kappa shape index (κ2) is 8.32. The van der Waals surface area contributed by atoms with Gasteiger partial charge in [-0.05, 0) is 35.9 Å². The van der Waals surface area contributed by atoms with Gasteiger partial charge in [-0.1, -0.05) is 29.3 Å². The Kier molecular flexibility index (Phi) is 6.02. The second-order valence-electron chi connectivity index (χ2n) is 6.35. The molecule has 9 heteroatoms. The number of carbonyl (C=O) groups excluding carboxylic acids is 1. The predicted octanol–water partition coefficient (Wildman–Crippen LogP) is 3.66. The average Bonchev–Trinajstić information content (AvgIpc) is 3.04. The smallest absolute Gasteiger partial charge is 0.335 e. The SMILES string of the molecule is COc1ccc2c(cc(C(=O)N[C@H](CO)c3ccc(C(=O)O)cc3Cl)n2C)c1Cl. The summed E-state index contributed by atoms with van der Waals surface area (Å²) in [6.07, 6.45) is 0. The molecule has 29 heavy (non-hydrogen) atoms. The van der Waals surface area contributed by atoms with Crippen molar-refractivity contribution in [1.29, 1.82) is 0 Å². The largest absolute Gasteiger partial charge is 0.495 e. The Labute approximate surface area is 176 Å². The number of aryl methyl sites for hydroxylation is 1. The summed E-state index contributed by atoms with van der Waals surface area (Å²) in [6, 6.07) is 8.43. The number of carbonyl (C=O) groups is 2. The number of nitrogens with one attached hydrogen (secondary N) is 1. The monoisotopic (exact) mass is 436 g/mol. The molecule has 3 rings (SSSR count). The van der Waals surface area contributed by atoms with Crippen LogP contribution in [-0.4, -0.2) is 40.4 Å². The number of halogens is 2. The van der Waals surface area contributed by atoms with Gasteiger partial charge in [0.1, 0.15) is 11.4 Å². The van der Waals surface area contributed by atoms with Crippen molar-refractivity contribution in [3.8, 4) is 5.75 Å². The molecule has 0 spiro atoms. The molecule has 2 aromatic carbocycles. The van der Waals surface area contributed by atoms with Gasteiger partial charge in [0.15, 0.2) is 0 Å². The Balaban J connectivity index is 1.93. The fraction of sp³-hybridized carbons (Fsp3) is 0.200. The maximum absolute atomic E-state index is 12.9. The highest BCUT2D eigenvalue weighted by atomic mass is 35.5. The van der Waals surface area contributed by atoms with E-state index in [9.17, 15) is 14.7 Å². The number of aromatic nitrogens is 1. The van der Waals surface area contributed by atoms with E-state index in [1.54, 1.807) is 29.8 Å². The molecule has 0 saturated carbocycles. The third-order valence-electron chi connectivity index (χ3n) is 4.69. The van der Waals surface area contributed by atoms with Gasteiger partial charge in [0.25, 0.3) is 5.91 Å². The predicted molar refractivity (Wildman–Crippen MR) is 110 cm³/mol. The number of aliphatic hydroxyl groups is 1. The number of carboxylic acid groups (broad SMARTS) is 1. The molecule has 1 aromatic heterocycles. The molecular weight excluding hydrogens is 419 g/mol. The molecule has 0 bridgehead atoms. The molecule has 1 heterocycles. The lowest BCUT2D eigenvalue weighted by atomic mass is 10.0. The van der Waals surface area contributed by atoms with E-state index in [1.165, 1.54) is 25.3 Å². The molecule has 1 amide bonds. The van der Waals surface area contributed by atoms with E-state index in [0.29, 0.717) is 27.4 Å². The van der Waals surface area contributed by atoms with Crippen molar-refractivity contribution in [2.24, 2.45) is 7.05 Å². The van der Waals surface area contributed by atoms with E-state index in [0.717, 1.165) is 5.52 Å². The molecule has 0 fully saturated rings. The van der Waals surface area contributed by atoms with Crippen LogP contribution in [0.4, 0.5) is 0 Å². The van der Waals surface area contributed by atoms with Crippen LogP contribution < -0.4 is 10.1 Å². The molecule has 0 radical (unpaired) electrons. The molecule has 0 aliphatic rings. The highest BCUT2D eigenvalue weighted by Gasteiger charge is 2.22. The maximum atomic E-state index is 12.9. The molecule has 3 aromatic rings. The number of ether oxygens (including phenoxy) is 1. The van der Waals surface area contributed by atoms with Crippen LogP contribution in [0.25, 0.3) is 10.9 Å². The number of amides is 1. The summed E-state index contributed by atoms with van der Waals surface area (Å²) >= 11 is 12.5. The van der Waals surface area contributed by atoms with Gasteiger partial charge in [-0.25, -0.2) is 4.79 Å². The summed E-state index contributed by atoms with van der Waals surface area (Å²) in [6.45, 7) is -0.420. The minimum absolute atomic E-state index is 0.0130. The maximum Gasteiger partial charge on any atom is 0.335 e. The Morgan fingerprint density at radius 3 is 2.52 bits per heavy atom. The summed E-state index contributed by atoms with van der Waals surface area (Å²) in [5.41, 5.74) is 1.49. The van der Waals surface area contributed by atoms with Crippen LogP contribution in [0, 0.1) is 0 Å². The van der Waals surface area contributed by atoms with Gasteiger partial charge in [-0.2, -0.15) is 0 Å². The lowest BCUT2D eigenvalue weighted by Gasteiger charge is -2.18. The number of methoxy groups -OCH3 is 1. The summed E-state index contributed by atoms with van der Waals surface area (Å²) < 4.78 is 6.89. The zero-order valence-corrected chi connectivity index (χ0v) is 17.1. The highest BCUT2D eigenvalue weighted by molar-refractivity contribution is 6.37. The number of hydrogen-bond acceptors (Lipinski definition) is 4. The van der Waals surface area contributed by atoms with E-state index in [4.69, 9.17) is 33.0 Å². The summed E-state index contributed by atoms with van der Waals surface area (Å²) in [7, 11) is 3.23. The van der Waals surface area contributed by atoms with Gasteiger partial charge in [-0.15, -0.1) is 0 Å².